The van der Waals surface area contributed by atoms with Crippen LogP contribution in [0.4, 0.5) is 13.2 Å². The second-order valence-corrected chi connectivity index (χ2v) is 5.65. The maximum absolute atomic E-state index is 12.5. The SMILES string of the molecule is NS(=O)(=O)c1ccccc1-c1ccc(C(F)(F)F)cc1. The minimum absolute atomic E-state index is 0.125. The Morgan fingerprint density at radius 1 is 0.900 bits per heavy atom. The molecule has 2 aromatic carbocycles. The second-order valence-electron chi connectivity index (χ2n) is 4.12. The van der Waals surface area contributed by atoms with Crippen LogP contribution in [0.15, 0.2) is 53.4 Å². The van der Waals surface area contributed by atoms with Gasteiger partial charge in [0.2, 0.25) is 10.0 Å². The summed E-state index contributed by atoms with van der Waals surface area (Å²) in [7, 11) is -3.94. The second kappa shape index (κ2) is 4.92. The van der Waals surface area contributed by atoms with Gasteiger partial charge in [0.15, 0.2) is 0 Å². The van der Waals surface area contributed by atoms with Gasteiger partial charge in [-0.15, -0.1) is 0 Å². The summed E-state index contributed by atoms with van der Waals surface area (Å²) >= 11 is 0. The number of benzene rings is 2. The van der Waals surface area contributed by atoms with E-state index >= 15 is 0 Å². The van der Waals surface area contributed by atoms with Crippen LogP contribution in [0.5, 0.6) is 0 Å². The molecule has 0 heterocycles. The standard InChI is InChI=1S/C13H10F3NO2S/c14-13(15,16)10-7-5-9(6-8-10)11-3-1-2-4-12(11)20(17,18)19/h1-8H,(H2,17,18,19). The van der Waals surface area contributed by atoms with Crippen LogP contribution in [0.3, 0.4) is 0 Å². The summed E-state index contributed by atoms with van der Waals surface area (Å²) in [5.74, 6) is 0. The van der Waals surface area contributed by atoms with E-state index in [1.807, 2.05) is 0 Å². The van der Waals surface area contributed by atoms with Crippen molar-refractivity contribution in [1.82, 2.24) is 0 Å². The van der Waals surface area contributed by atoms with Gasteiger partial charge >= 0.3 is 6.18 Å². The molecule has 0 fully saturated rings. The Balaban J connectivity index is 2.54. The smallest absolute Gasteiger partial charge is 0.225 e. The van der Waals surface area contributed by atoms with Gasteiger partial charge in [0.1, 0.15) is 0 Å². The van der Waals surface area contributed by atoms with Crippen LogP contribution < -0.4 is 5.14 Å². The highest BCUT2D eigenvalue weighted by molar-refractivity contribution is 7.89. The van der Waals surface area contributed by atoms with E-state index < -0.39 is 21.8 Å². The number of alkyl halides is 3. The molecular weight excluding hydrogens is 291 g/mol. The van der Waals surface area contributed by atoms with Crippen molar-refractivity contribution < 1.29 is 21.6 Å². The number of primary sulfonamides is 1. The van der Waals surface area contributed by atoms with Crippen molar-refractivity contribution in [2.45, 2.75) is 11.1 Å². The van der Waals surface area contributed by atoms with Gasteiger partial charge in [-0.1, -0.05) is 30.3 Å². The molecule has 0 saturated carbocycles. The molecule has 0 aliphatic carbocycles. The van der Waals surface area contributed by atoms with Gasteiger partial charge < -0.3 is 0 Å². The van der Waals surface area contributed by atoms with Crippen LogP contribution in [0.25, 0.3) is 11.1 Å². The van der Waals surface area contributed by atoms with Crippen LogP contribution in [-0.2, 0) is 16.2 Å². The Labute approximate surface area is 113 Å². The van der Waals surface area contributed by atoms with Gasteiger partial charge in [-0.25, -0.2) is 13.6 Å². The average Bonchev–Trinajstić information content (AvgIpc) is 2.37. The molecule has 0 bridgehead atoms. The predicted octanol–water partition coefficient (Wildman–Crippen LogP) is 3.02. The van der Waals surface area contributed by atoms with Crippen molar-refractivity contribution in [3.05, 3.63) is 54.1 Å². The third kappa shape index (κ3) is 3.00. The van der Waals surface area contributed by atoms with Crippen molar-refractivity contribution in [2.24, 2.45) is 5.14 Å². The molecule has 2 rings (SSSR count). The van der Waals surface area contributed by atoms with E-state index in [1.165, 1.54) is 30.3 Å². The summed E-state index contributed by atoms with van der Waals surface area (Å²) in [6.45, 7) is 0. The van der Waals surface area contributed by atoms with Crippen molar-refractivity contribution in [3.63, 3.8) is 0 Å². The Morgan fingerprint density at radius 3 is 1.95 bits per heavy atom. The van der Waals surface area contributed by atoms with Crippen LogP contribution in [0.1, 0.15) is 5.56 Å². The van der Waals surface area contributed by atoms with Crippen molar-refractivity contribution in [1.29, 1.82) is 0 Å². The first-order valence-corrected chi connectivity index (χ1v) is 7.04. The topological polar surface area (TPSA) is 60.2 Å². The molecule has 0 aliphatic heterocycles. The molecule has 0 spiro atoms. The predicted molar refractivity (Wildman–Crippen MR) is 68.3 cm³/mol. The van der Waals surface area contributed by atoms with Crippen molar-refractivity contribution in [3.8, 4) is 11.1 Å². The van der Waals surface area contributed by atoms with Gasteiger partial charge in [0.05, 0.1) is 10.5 Å². The van der Waals surface area contributed by atoms with Gasteiger partial charge in [0.25, 0.3) is 0 Å². The van der Waals surface area contributed by atoms with Gasteiger partial charge in [0, 0.05) is 5.56 Å². The number of halogens is 3. The molecular formula is C13H10F3NO2S. The number of hydrogen-bond acceptors (Lipinski definition) is 2. The van der Waals surface area contributed by atoms with Crippen LogP contribution in [0, 0.1) is 0 Å². The fraction of sp³-hybridized carbons (Fsp3) is 0.0769. The third-order valence-electron chi connectivity index (χ3n) is 2.72. The van der Waals surface area contributed by atoms with Crippen LogP contribution >= 0.6 is 0 Å². The zero-order valence-corrected chi connectivity index (χ0v) is 10.9. The summed E-state index contributed by atoms with van der Waals surface area (Å²) in [6.07, 6.45) is -4.43. The third-order valence-corrected chi connectivity index (χ3v) is 3.69. The molecule has 2 aromatic rings. The highest BCUT2D eigenvalue weighted by atomic mass is 32.2. The van der Waals surface area contributed by atoms with E-state index in [-0.39, 0.29) is 10.5 Å². The first-order valence-electron chi connectivity index (χ1n) is 5.49. The number of hydrogen-bond donors (Lipinski definition) is 1. The molecule has 20 heavy (non-hydrogen) atoms. The molecule has 0 unspecified atom stereocenters. The molecule has 0 atom stereocenters. The maximum Gasteiger partial charge on any atom is 0.416 e. The van der Waals surface area contributed by atoms with Crippen LogP contribution in [-0.4, -0.2) is 8.42 Å². The highest BCUT2D eigenvalue weighted by Crippen LogP contribution is 2.32. The zero-order chi connectivity index (χ0) is 15.0. The normalized spacial score (nSPS) is 12.4. The van der Waals surface area contributed by atoms with Gasteiger partial charge in [-0.05, 0) is 23.8 Å². The first kappa shape index (κ1) is 14.5. The van der Waals surface area contributed by atoms with Crippen molar-refractivity contribution in [2.75, 3.05) is 0 Å². The molecule has 7 heteroatoms. The van der Waals surface area contributed by atoms with E-state index in [9.17, 15) is 21.6 Å². The largest absolute Gasteiger partial charge is 0.416 e. The quantitative estimate of drug-likeness (QED) is 0.927. The molecule has 3 nitrogen and oxygen atoms in total. The molecule has 0 amide bonds. The first-order chi connectivity index (χ1) is 9.19. The lowest BCUT2D eigenvalue weighted by atomic mass is 10.0. The molecule has 0 aromatic heterocycles. The minimum atomic E-state index is -4.43. The van der Waals surface area contributed by atoms with Crippen molar-refractivity contribution >= 4 is 10.0 Å². The Hall–Kier alpha value is -1.86. The summed E-state index contributed by atoms with van der Waals surface area (Å²) in [6, 6.07) is 10.1. The molecule has 0 aliphatic rings. The fourth-order valence-electron chi connectivity index (χ4n) is 1.79. The summed E-state index contributed by atoms with van der Waals surface area (Å²) < 4.78 is 60.3. The van der Waals surface area contributed by atoms with E-state index in [0.717, 1.165) is 12.1 Å². The molecule has 0 saturated heterocycles. The molecule has 2 N–H and O–H groups in total. The fourth-order valence-corrected chi connectivity index (χ4v) is 2.55. The number of nitrogens with two attached hydrogens (primary N) is 1. The Kier molecular flexibility index (Phi) is 3.58. The maximum atomic E-state index is 12.5. The monoisotopic (exact) mass is 301 g/mol. The minimum Gasteiger partial charge on any atom is -0.225 e. The van der Waals surface area contributed by atoms with Crippen LogP contribution in [0.2, 0.25) is 0 Å². The zero-order valence-electron chi connectivity index (χ0n) is 10.1. The summed E-state index contributed by atoms with van der Waals surface area (Å²) in [5.41, 5.74) is -0.180. The van der Waals surface area contributed by atoms with E-state index in [4.69, 9.17) is 5.14 Å². The lowest BCUT2D eigenvalue weighted by molar-refractivity contribution is -0.137. The lowest BCUT2D eigenvalue weighted by Crippen LogP contribution is -2.13. The molecule has 0 radical (unpaired) electrons. The Morgan fingerprint density at radius 2 is 1.45 bits per heavy atom. The summed E-state index contributed by atoms with van der Waals surface area (Å²) in [5, 5.41) is 5.09. The lowest BCUT2D eigenvalue weighted by Gasteiger charge is -2.10. The van der Waals surface area contributed by atoms with E-state index in [1.54, 1.807) is 6.07 Å². The summed E-state index contributed by atoms with van der Waals surface area (Å²) in [4.78, 5) is -0.125. The number of sulfonamides is 1. The molecule has 106 valence electrons. The van der Waals surface area contributed by atoms with E-state index in [0.29, 0.717) is 5.56 Å². The van der Waals surface area contributed by atoms with Gasteiger partial charge in [-0.2, -0.15) is 13.2 Å². The average molecular weight is 301 g/mol. The number of rotatable bonds is 2. The van der Waals surface area contributed by atoms with Gasteiger partial charge in [-0.3, -0.25) is 0 Å². The highest BCUT2D eigenvalue weighted by Gasteiger charge is 2.30. The van der Waals surface area contributed by atoms with E-state index in [2.05, 4.69) is 0 Å². The Bertz CT molecular complexity index is 722.